The third-order valence-corrected chi connectivity index (χ3v) is 7.12. The summed E-state index contributed by atoms with van der Waals surface area (Å²) in [6.07, 6.45) is -0.563. The van der Waals surface area contributed by atoms with E-state index in [2.05, 4.69) is 21.2 Å². The molecule has 1 N–H and O–H groups in total. The monoisotopic (exact) mass is 389 g/mol. The summed E-state index contributed by atoms with van der Waals surface area (Å²) in [6, 6.07) is 9.83. The van der Waals surface area contributed by atoms with Crippen molar-refractivity contribution in [2.24, 2.45) is 0 Å². The van der Waals surface area contributed by atoms with Crippen LogP contribution in [0.2, 0.25) is 0 Å². The average Bonchev–Trinajstić information content (AvgIpc) is 2.87. The predicted molar refractivity (Wildman–Crippen MR) is 83.2 cm³/mol. The van der Waals surface area contributed by atoms with Gasteiger partial charge in [-0.25, -0.2) is 13.2 Å². The third-order valence-electron chi connectivity index (χ3n) is 2.55. The van der Waals surface area contributed by atoms with Crippen LogP contribution in [0.5, 0.6) is 0 Å². The lowest BCUT2D eigenvalue weighted by atomic mass is 10.4. The maximum atomic E-state index is 12.5. The van der Waals surface area contributed by atoms with Crippen molar-refractivity contribution < 1.29 is 17.9 Å². The molecule has 5 nitrogen and oxygen atoms in total. The molecule has 21 heavy (non-hydrogen) atoms. The van der Waals surface area contributed by atoms with E-state index in [9.17, 15) is 13.2 Å². The lowest BCUT2D eigenvalue weighted by molar-refractivity contribution is 0.143. The van der Waals surface area contributed by atoms with Gasteiger partial charge in [0, 0.05) is 16.4 Å². The summed E-state index contributed by atoms with van der Waals surface area (Å²) in [5.74, 6) is 0. The Morgan fingerprint density at radius 3 is 2.62 bits per heavy atom. The van der Waals surface area contributed by atoms with Crippen molar-refractivity contribution in [2.75, 3.05) is 7.05 Å². The van der Waals surface area contributed by atoms with E-state index in [0.717, 1.165) is 11.3 Å². The highest BCUT2D eigenvalue weighted by atomic mass is 79.9. The van der Waals surface area contributed by atoms with Gasteiger partial charge in [0.15, 0.2) is 0 Å². The fourth-order valence-electron chi connectivity index (χ4n) is 1.57. The summed E-state index contributed by atoms with van der Waals surface area (Å²) in [5.41, 5.74) is 0. The second-order valence-electron chi connectivity index (χ2n) is 3.99. The van der Waals surface area contributed by atoms with Crippen LogP contribution >= 0.6 is 27.3 Å². The van der Waals surface area contributed by atoms with E-state index >= 15 is 0 Å². The van der Waals surface area contributed by atoms with Gasteiger partial charge in [0.2, 0.25) is 9.84 Å². The van der Waals surface area contributed by atoms with E-state index in [4.69, 9.17) is 4.74 Å². The largest absolute Gasteiger partial charge is 0.444 e. The Morgan fingerprint density at radius 1 is 1.33 bits per heavy atom. The highest BCUT2D eigenvalue weighted by Crippen LogP contribution is 2.35. The van der Waals surface area contributed by atoms with Gasteiger partial charge in [-0.05, 0) is 34.1 Å². The molecule has 2 rings (SSSR count). The van der Waals surface area contributed by atoms with Crippen molar-refractivity contribution in [3.63, 3.8) is 0 Å². The zero-order valence-corrected chi connectivity index (χ0v) is 14.2. The molecule has 0 atom stereocenters. The summed E-state index contributed by atoms with van der Waals surface area (Å²) >= 11 is 4.32. The Balaban J connectivity index is 2.29. The van der Waals surface area contributed by atoms with E-state index < -0.39 is 15.9 Å². The van der Waals surface area contributed by atoms with Crippen LogP contribution in [-0.2, 0) is 21.2 Å². The smallest absolute Gasteiger partial charge is 0.407 e. The SMILES string of the molecule is CNC(=O)OCc1cc(Br)c(S(=O)(=O)c2ccccc2)s1. The summed E-state index contributed by atoms with van der Waals surface area (Å²) in [5, 5.41) is 2.33. The van der Waals surface area contributed by atoms with Crippen molar-refractivity contribution >= 4 is 43.2 Å². The number of nitrogens with one attached hydrogen (secondary N) is 1. The van der Waals surface area contributed by atoms with Gasteiger partial charge in [-0.3, -0.25) is 0 Å². The van der Waals surface area contributed by atoms with Crippen LogP contribution in [0.15, 0.2) is 50.0 Å². The van der Waals surface area contributed by atoms with Crippen LogP contribution in [0, 0.1) is 0 Å². The second kappa shape index (κ2) is 6.59. The molecular formula is C13H12BrNO4S2. The number of alkyl carbamates (subject to hydrolysis) is 1. The number of rotatable bonds is 4. The van der Waals surface area contributed by atoms with Crippen molar-refractivity contribution in [2.45, 2.75) is 15.7 Å². The number of sulfone groups is 1. The number of carbonyl (C=O) groups excluding carboxylic acids is 1. The van der Waals surface area contributed by atoms with E-state index in [1.165, 1.54) is 7.05 Å². The molecule has 0 aliphatic carbocycles. The van der Waals surface area contributed by atoms with Gasteiger partial charge in [0.1, 0.15) is 10.8 Å². The molecule has 112 valence electrons. The molecule has 0 bridgehead atoms. The molecule has 1 heterocycles. The average molecular weight is 390 g/mol. The van der Waals surface area contributed by atoms with Crippen LogP contribution in [0.25, 0.3) is 0 Å². The Morgan fingerprint density at radius 2 is 2.00 bits per heavy atom. The molecular weight excluding hydrogens is 378 g/mol. The molecule has 0 radical (unpaired) electrons. The van der Waals surface area contributed by atoms with Crippen LogP contribution in [0.1, 0.15) is 4.88 Å². The Hall–Kier alpha value is -1.38. The first-order chi connectivity index (χ1) is 9.95. The number of amides is 1. The van der Waals surface area contributed by atoms with Gasteiger partial charge in [-0.15, -0.1) is 11.3 Å². The lowest BCUT2D eigenvalue weighted by Gasteiger charge is -2.02. The molecule has 0 aliphatic heterocycles. The summed E-state index contributed by atoms with van der Waals surface area (Å²) in [7, 11) is -2.12. The van der Waals surface area contributed by atoms with Gasteiger partial charge >= 0.3 is 6.09 Å². The first kappa shape index (κ1) is 16.0. The third kappa shape index (κ3) is 3.63. The van der Waals surface area contributed by atoms with Crippen LogP contribution in [0.3, 0.4) is 0 Å². The van der Waals surface area contributed by atoms with Gasteiger partial charge in [-0.1, -0.05) is 18.2 Å². The fourth-order valence-corrected chi connectivity index (χ4v) is 5.66. The van der Waals surface area contributed by atoms with Crippen molar-refractivity contribution in [1.29, 1.82) is 0 Å². The van der Waals surface area contributed by atoms with Gasteiger partial charge < -0.3 is 10.1 Å². The van der Waals surface area contributed by atoms with Crippen LogP contribution < -0.4 is 5.32 Å². The van der Waals surface area contributed by atoms with E-state index in [1.54, 1.807) is 36.4 Å². The maximum absolute atomic E-state index is 12.5. The standard InChI is InChI=1S/C13H12BrNO4S2/c1-15-13(16)19-8-9-7-11(14)12(20-9)21(17,18)10-5-3-2-4-6-10/h2-7H,8H2,1H3,(H,15,16). The molecule has 1 amide bonds. The van der Waals surface area contributed by atoms with E-state index in [-0.39, 0.29) is 15.7 Å². The Kier molecular flexibility index (Phi) is 5.02. The highest BCUT2D eigenvalue weighted by molar-refractivity contribution is 9.10. The van der Waals surface area contributed by atoms with E-state index in [0.29, 0.717) is 9.35 Å². The minimum atomic E-state index is -3.58. The number of benzene rings is 1. The molecule has 0 saturated heterocycles. The molecule has 0 aliphatic rings. The van der Waals surface area contributed by atoms with E-state index in [1.807, 2.05) is 0 Å². The van der Waals surface area contributed by atoms with Gasteiger partial charge in [-0.2, -0.15) is 0 Å². The minimum absolute atomic E-state index is 0.0211. The van der Waals surface area contributed by atoms with Crippen molar-refractivity contribution in [3.8, 4) is 0 Å². The zero-order chi connectivity index (χ0) is 15.5. The number of carbonyl (C=O) groups is 1. The molecule has 1 aromatic carbocycles. The molecule has 0 spiro atoms. The van der Waals surface area contributed by atoms with Gasteiger partial charge in [0.25, 0.3) is 0 Å². The first-order valence-electron chi connectivity index (χ1n) is 5.88. The number of hydrogen-bond acceptors (Lipinski definition) is 5. The lowest BCUT2D eigenvalue weighted by Crippen LogP contribution is -2.18. The molecule has 0 saturated carbocycles. The fraction of sp³-hybridized carbons (Fsp3) is 0.154. The van der Waals surface area contributed by atoms with Crippen molar-refractivity contribution in [3.05, 3.63) is 45.7 Å². The minimum Gasteiger partial charge on any atom is -0.444 e. The molecule has 0 fully saturated rings. The van der Waals surface area contributed by atoms with Gasteiger partial charge in [0.05, 0.1) is 4.90 Å². The Labute approximate surface area is 135 Å². The number of thiophene rings is 1. The summed E-state index contributed by atoms with van der Waals surface area (Å²) in [6.45, 7) is 0.0211. The number of ether oxygens (including phenoxy) is 1. The number of hydrogen-bond donors (Lipinski definition) is 1. The topological polar surface area (TPSA) is 72.5 Å². The molecule has 2 aromatic rings. The second-order valence-corrected chi connectivity index (χ2v) is 8.13. The highest BCUT2D eigenvalue weighted by Gasteiger charge is 2.23. The molecule has 8 heteroatoms. The zero-order valence-electron chi connectivity index (χ0n) is 11.0. The van der Waals surface area contributed by atoms with Crippen molar-refractivity contribution in [1.82, 2.24) is 5.32 Å². The summed E-state index contributed by atoms with van der Waals surface area (Å²) in [4.78, 5) is 11.9. The normalized spacial score (nSPS) is 11.1. The first-order valence-corrected chi connectivity index (χ1v) is 8.97. The maximum Gasteiger partial charge on any atom is 0.407 e. The molecule has 0 unspecified atom stereocenters. The Bertz CT molecular complexity index is 741. The van der Waals surface area contributed by atoms with Crippen LogP contribution in [0.4, 0.5) is 4.79 Å². The van der Waals surface area contributed by atoms with Crippen LogP contribution in [-0.4, -0.2) is 21.6 Å². The number of halogens is 1. The summed E-state index contributed by atoms with van der Waals surface area (Å²) < 4.78 is 30.6. The molecule has 1 aromatic heterocycles. The predicted octanol–water partition coefficient (Wildman–Crippen LogP) is 3.20. The quantitative estimate of drug-likeness (QED) is 0.870.